The van der Waals surface area contributed by atoms with Gasteiger partial charge in [0, 0.05) is 5.88 Å². The molecular formula is C7H16ClN. The maximum atomic E-state index is 5.70. The fraction of sp³-hybridized carbons (Fsp3) is 1.00. The van der Waals surface area contributed by atoms with Crippen molar-refractivity contribution in [2.75, 3.05) is 19.5 Å². The van der Waals surface area contributed by atoms with Crippen LogP contribution in [0.1, 0.15) is 13.8 Å². The SMILES string of the molecule is CNCC(CCl)C(C)C. The Kier molecular flexibility index (Phi) is 5.21. The van der Waals surface area contributed by atoms with Gasteiger partial charge in [0.25, 0.3) is 0 Å². The predicted octanol–water partition coefficient (Wildman–Crippen LogP) is 1.72. The summed E-state index contributed by atoms with van der Waals surface area (Å²) in [6.07, 6.45) is 0. The molecule has 0 aromatic heterocycles. The van der Waals surface area contributed by atoms with Crippen LogP contribution in [-0.2, 0) is 0 Å². The van der Waals surface area contributed by atoms with Gasteiger partial charge in [-0.2, -0.15) is 0 Å². The Balaban J connectivity index is 3.41. The van der Waals surface area contributed by atoms with E-state index < -0.39 is 0 Å². The average Bonchev–Trinajstić information content (AvgIpc) is 1.82. The van der Waals surface area contributed by atoms with E-state index in [2.05, 4.69) is 19.2 Å². The minimum Gasteiger partial charge on any atom is -0.319 e. The van der Waals surface area contributed by atoms with E-state index in [1.807, 2.05) is 7.05 Å². The van der Waals surface area contributed by atoms with E-state index in [1.54, 1.807) is 0 Å². The highest BCUT2D eigenvalue weighted by Crippen LogP contribution is 2.10. The molecule has 0 radical (unpaired) electrons. The van der Waals surface area contributed by atoms with Gasteiger partial charge in [0.05, 0.1) is 0 Å². The molecule has 1 atom stereocenters. The molecule has 0 bridgehead atoms. The molecule has 1 nitrogen and oxygen atoms in total. The lowest BCUT2D eigenvalue weighted by atomic mass is 9.98. The molecule has 9 heavy (non-hydrogen) atoms. The van der Waals surface area contributed by atoms with Crippen LogP contribution in [0.5, 0.6) is 0 Å². The van der Waals surface area contributed by atoms with Gasteiger partial charge in [-0.15, -0.1) is 11.6 Å². The third kappa shape index (κ3) is 3.77. The topological polar surface area (TPSA) is 12.0 Å². The Morgan fingerprint density at radius 3 is 2.11 bits per heavy atom. The van der Waals surface area contributed by atoms with Crippen molar-refractivity contribution in [3.8, 4) is 0 Å². The summed E-state index contributed by atoms with van der Waals surface area (Å²) in [6, 6.07) is 0. The Morgan fingerprint density at radius 1 is 1.44 bits per heavy atom. The molecule has 56 valence electrons. The summed E-state index contributed by atoms with van der Waals surface area (Å²) >= 11 is 5.70. The summed E-state index contributed by atoms with van der Waals surface area (Å²) in [5.74, 6) is 2.07. The quantitative estimate of drug-likeness (QED) is 0.601. The summed E-state index contributed by atoms with van der Waals surface area (Å²) in [5.41, 5.74) is 0. The molecule has 0 spiro atoms. The highest BCUT2D eigenvalue weighted by molar-refractivity contribution is 6.18. The minimum absolute atomic E-state index is 0.622. The highest BCUT2D eigenvalue weighted by Gasteiger charge is 2.09. The standard InChI is InChI=1S/C7H16ClN/c1-6(2)7(4-8)5-9-3/h6-7,9H,4-5H2,1-3H3. The van der Waals surface area contributed by atoms with E-state index in [0.717, 1.165) is 12.4 Å². The Morgan fingerprint density at radius 2 is 2.00 bits per heavy atom. The van der Waals surface area contributed by atoms with Crippen molar-refractivity contribution < 1.29 is 0 Å². The fourth-order valence-corrected chi connectivity index (χ4v) is 1.20. The summed E-state index contributed by atoms with van der Waals surface area (Å²) in [5, 5.41) is 3.12. The van der Waals surface area contributed by atoms with Gasteiger partial charge < -0.3 is 5.32 Å². The Bertz CT molecular complexity index is 63.9. The third-order valence-electron chi connectivity index (χ3n) is 1.61. The van der Waals surface area contributed by atoms with Crippen LogP contribution in [-0.4, -0.2) is 19.5 Å². The van der Waals surface area contributed by atoms with Crippen LogP contribution in [0.3, 0.4) is 0 Å². The second-order valence-electron chi connectivity index (χ2n) is 2.72. The second kappa shape index (κ2) is 5.07. The number of rotatable bonds is 4. The zero-order valence-electron chi connectivity index (χ0n) is 6.45. The summed E-state index contributed by atoms with van der Waals surface area (Å²) < 4.78 is 0. The first-order chi connectivity index (χ1) is 4.22. The van der Waals surface area contributed by atoms with Gasteiger partial charge in [-0.1, -0.05) is 13.8 Å². The zero-order valence-corrected chi connectivity index (χ0v) is 7.20. The van der Waals surface area contributed by atoms with Crippen LogP contribution in [0.15, 0.2) is 0 Å². The van der Waals surface area contributed by atoms with Crippen LogP contribution in [0.4, 0.5) is 0 Å². The van der Waals surface area contributed by atoms with E-state index in [1.165, 1.54) is 0 Å². The van der Waals surface area contributed by atoms with Crippen LogP contribution >= 0.6 is 11.6 Å². The molecule has 2 heteroatoms. The van der Waals surface area contributed by atoms with Crippen molar-refractivity contribution in [3.63, 3.8) is 0 Å². The van der Waals surface area contributed by atoms with Gasteiger partial charge in [-0.05, 0) is 25.4 Å². The molecule has 0 saturated heterocycles. The number of nitrogens with one attached hydrogen (secondary N) is 1. The van der Waals surface area contributed by atoms with Crippen molar-refractivity contribution in [1.82, 2.24) is 5.32 Å². The van der Waals surface area contributed by atoms with Gasteiger partial charge in [0.2, 0.25) is 0 Å². The van der Waals surface area contributed by atoms with Crippen LogP contribution in [0.2, 0.25) is 0 Å². The lowest BCUT2D eigenvalue weighted by Gasteiger charge is -2.16. The lowest BCUT2D eigenvalue weighted by molar-refractivity contribution is 0.410. The minimum atomic E-state index is 0.622. The first kappa shape index (κ1) is 9.25. The van der Waals surface area contributed by atoms with Gasteiger partial charge >= 0.3 is 0 Å². The molecular weight excluding hydrogens is 134 g/mol. The molecule has 1 unspecified atom stereocenters. The number of hydrogen-bond acceptors (Lipinski definition) is 1. The largest absolute Gasteiger partial charge is 0.319 e. The van der Waals surface area contributed by atoms with Crippen molar-refractivity contribution in [3.05, 3.63) is 0 Å². The lowest BCUT2D eigenvalue weighted by Crippen LogP contribution is -2.24. The fourth-order valence-electron chi connectivity index (χ4n) is 0.731. The van der Waals surface area contributed by atoms with E-state index >= 15 is 0 Å². The molecule has 0 fully saturated rings. The average molecular weight is 150 g/mol. The molecule has 1 N–H and O–H groups in total. The van der Waals surface area contributed by atoms with E-state index in [4.69, 9.17) is 11.6 Å². The normalized spacial score (nSPS) is 14.3. The van der Waals surface area contributed by atoms with Crippen LogP contribution in [0.25, 0.3) is 0 Å². The van der Waals surface area contributed by atoms with Crippen molar-refractivity contribution in [1.29, 1.82) is 0 Å². The summed E-state index contributed by atoms with van der Waals surface area (Å²) in [7, 11) is 1.96. The number of halogens is 1. The maximum Gasteiger partial charge on any atom is 0.0266 e. The molecule has 0 aliphatic heterocycles. The molecule has 0 rings (SSSR count). The van der Waals surface area contributed by atoms with Gasteiger partial charge in [0.1, 0.15) is 0 Å². The molecule has 0 aliphatic carbocycles. The molecule has 0 aromatic carbocycles. The first-order valence-electron chi connectivity index (χ1n) is 3.43. The Labute approximate surface area is 62.8 Å². The van der Waals surface area contributed by atoms with Gasteiger partial charge in [-0.3, -0.25) is 0 Å². The second-order valence-corrected chi connectivity index (χ2v) is 3.02. The van der Waals surface area contributed by atoms with Gasteiger partial charge in [0.15, 0.2) is 0 Å². The van der Waals surface area contributed by atoms with Crippen molar-refractivity contribution >= 4 is 11.6 Å². The molecule has 0 aromatic rings. The van der Waals surface area contributed by atoms with E-state index in [0.29, 0.717) is 11.8 Å². The number of alkyl halides is 1. The molecule has 0 saturated carbocycles. The molecule has 0 amide bonds. The summed E-state index contributed by atoms with van der Waals surface area (Å²) in [6.45, 7) is 5.43. The van der Waals surface area contributed by atoms with E-state index in [-0.39, 0.29) is 0 Å². The molecule has 0 heterocycles. The van der Waals surface area contributed by atoms with Crippen molar-refractivity contribution in [2.24, 2.45) is 11.8 Å². The maximum absolute atomic E-state index is 5.70. The van der Waals surface area contributed by atoms with Gasteiger partial charge in [-0.25, -0.2) is 0 Å². The third-order valence-corrected chi connectivity index (χ3v) is 2.00. The van der Waals surface area contributed by atoms with Crippen LogP contribution in [0, 0.1) is 11.8 Å². The first-order valence-corrected chi connectivity index (χ1v) is 3.96. The zero-order chi connectivity index (χ0) is 7.28. The smallest absolute Gasteiger partial charge is 0.0266 e. The predicted molar refractivity (Wildman–Crippen MR) is 43.0 cm³/mol. The van der Waals surface area contributed by atoms with Crippen molar-refractivity contribution in [2.45, 2.75) is 13.8 Å². The Hall–Kier alpha value is 0.250. The highest BCUT2D eigenvalue weighted by atomic mass is 35.5. The number of hydrogen-bond donors (Lipinski definition) is 1. The summed E-state index contributed by atoms with van der Waals surface area (Å²) in [4.78, 5) is 0. The molecule has 0 aliphatic rings. The van der Waals surface area contributed by atoms with Crippen LogP contribution < -0.4 is 5.32 Å². The monoisotopic (exact) mass is 149 g/mol. The van der Waals surface area contributed by atoms with E-state index in [9.17, 15) is 0 Å².